The van der Waals surface area contributed by atoms with Gasteiger partial charge in [-0.15, -0.1) is 0 Å². The van der Waals surface area contributed by atoms with Gasteiger partial charge in [-0.05, 0) is 87.2 Å². The third-order valence-corrected chi connectivity index (χ3v) is 10.1. The zero-order valence-electron chi connectivity index (χ0n) is 26.3. The average Bonchev–Trinajstić information content (AvgIpc) is 3.65. The molecule has 2 atom stereocenters. The smallest absolute Gasteiger partial charge is 0.319 e. The minimum Gasteiger partial charge on any atom is -0.508 e. The molecule has 9 rings (SSSR count). The monoisotopic (exact) mass is 586 g/mol. The lowest BCUT2D eigenvalue weighted by atomic mass is 9.93. The van der Waals surface area contributed by atoms with E-state index in [1.807, 2.05) is 6.92 Å². The number of benzene rings is 2. The highest BCUT2D eigenvalue weighted by Gasteiger charge is 2.45. The first-order chi connectivity index (χ1) is 21.7. The largest absolute Gasteiger partial charge is 0.508 e. The van der Waals surface area contributed by atoms with Gasteiger partial charge in [-0.1, -0.05) is 13.0 Å². The molecule has 5 aliphatic rings. The Morgan fingerprint density at radius 1 is 1.19 bits per heavy atom. The second kappa shape index (κ2) is 10.2. The van der Waals surface area contributed by atoms with Gasteiger partial charge in [0.2, 0.25) is 0 Å². The number of piperazine rings is 1. The predicted octanol–water partition coefficient (Wildman–Crippen LogP) is 4.29. The zero-order valence-corrected chi connectivity index (χ0v) is 24.3. The summed E-state index contributed by atoms with van der Waals surface area (Å²) in [4.78, 5) is 28.2. The topological polar surface area (TPSA) is 95.8 Å². The van der Waals surface area contributed by atoms with E-state index in [1.165, 1.54) is 16.7 Å². The Morgan fingerprint density at radius 3 is 2.74 bits per heavy atom. The van der Waals surface area contributed by atoms with Crippen LogP contribution < -0.4 is 20.5 Å². The molecule has 0 spiro atoms. The molecule has 5 fully saturated rings. The van der Waals surface area contributed by atoms with Crippen molar-refractivity contribution in [1.82, 2.24) is 24.8 Å². The molecule has 4 aromatic rings. The molecule has 2 aromatic carbocycles. The summed E-state index contributed by atoms with van der Waals surface area (Å²) in [5.74, 6) is 0.126. The number of nitrogens with zero attached hydrogens (tertiary/aromatic N) is 5. The van der Waals surface area contributed by atoms with Crippen molar-refractivity contribution >= 4 is 27.5 Å². The van der Waals surface area contributed by atoms with Gasteiger partial charge < -0.3 is 20.1 Å². The number of aromatic hydroxyl groups is 1. The molecular weight excluding hydrogens is 547 g/mol. The highest BCUT2D eigenvalue weighted by molar-refractivity contribution is 5.95. The molecule has 5 aliphatic heterocycles. The SMILES string of the molecule is [2H]C([2H])(Oc1nc(N2CC3CCC2CN3)c2ccn(-c3cc(O)cc4ccc(F)c(CC)c34)c(=O)c2n1)C12CCCN1CCC2. The number of phenolic OH excluding ortho intramolecular Hbond substituents is 1. The van der Waals surface area contributed by atoms with Crippen molar-refractivity contribution in [2.75, 3.05) is 37.6 Å². The Kier molecular flexibility index (Phi) is 5.83. The second-order valence-corrected chi connectivity index (χ2v) is 12.4. The van der Waals surface area contributed by atoms with E-state index in [9.17, 15) is 14.3 Å². The first-order valence-electron chi connectivity index (χ1n) is 16.5. The zero-order chi connectivity index (χ0) is 31.1. The molecule has 224 valence electrons. The summed E-state index contributed by atoms with van der Waals surface area (Å²) in [6.45, 7) is 2.95. The number of aromatic nitrogens is 3. The highest BCUT2D eigenvalue weighted by Crippen LogP contribution is 2.40. The number of phenols is 1. The van der Waals surface area contributed by atoms with Crippen LogP contribution in [0.3, 0.4) is 0 Å². The van der Waals surface area contributed by atoms with Gasteiger partial charge >= 0.3 is 6.01 Å². The molecule has 2 N–H and O–H groups in total. The maximum Gasteiger partial charge on any atom is 0.319 e. The summed E-state index contributed by atoms with van der Waals surface area (Å²) in [7, 11) is 0. The van der Waals surface area contributed by atoms with Crippen LogP contribution in [0.4, 0.5) is 10.2 Å². The van der Waals surface area contributed by atoms with Crippen molar-refractivity contribution in [2.24, 2.45) is 0 Å². The molecule has 2 aromatic heterocycles. The van der Waals surface area contributed by atoms with E-state index in [2.05, 4.69) is 20.1 Å². The fourth-order valence-corrected chi connectivity index (χ4v) is 7.93. The predicted molar refractivity (Wildman–Crippen MR) is 164 cm³/mol. The molecule has 9 nitrogen and oxygen atoms in total. The molecule has 0 amide bonds. The van der Waals surface area contributed by atoms with Crippen LogP contribution in [0.1, 0.15) is 53.8 Å². The van der Waals surface area contributed by atoms with Crippen LogP contribution in [0.25, 0.3) is 27.4 Å². The van der Waals surface area contributed by atoms with Crippen molar-refractivity contribution in [3.63, 3.8) is 0 Å². The van der Waals surface area contributed by atoms with Crippen molar-refractivity contribution in [2.45, 2.75) is 69.5 Å². The minimum absolute atomic E-state index is 0.0486. The lowest BCUT2D eigenvalue weighted by Crippen LogP contribution is -2.61. The van der Waals surface area contributed by atoms with Crippen LogP contribution in [0.5, 0.6) is 11.8 Å². The lowest BCUT2D eigenvalue weighted by Gasteiger charge is -2.46. The first-order valence-corrected chi connectivity index (χ1v) is 15.5. The summed E-state index contributed by atoms with van der Waals surface area (Å²) >= 11 is 0. The van der Waals surface area contributed by atoms with Crippen LogP contribution >= 0.6 is 0 Å². The molecule has 7 heterocycles. The highest BCUT2D eigenvalue weighted by atomic mass is 19.1. The number of fused-ring (bicyclic) bond motifs is 6. The third kappa shape index (κ3) is 4.29. The number of piperidine rings is 2. The molecule has 0 aliphatic carbocycles. The van der Waals surface area contributed by atoms with Crippen molar-refractivity contribution in [1.29, 1.82) is 0 Å². The van der Waals surface area contributed by atoms with Crippen molar-refractivity contribution in [3.05, 3.63) is 58.3 Å². The van der Waals surface area contributed by atoms with Crippen molar-refractivity contribution in [3.8, 4) is 17.4 Å². The van der Waals surface area contributed by atoms with Gasteiger partial charge in [-0.25, -0.2) is 4.39 Å². The summed E-state index contributed by atoms with van der Waals surface area (Å²) in [6.07, 6.45) is 7.25. The third-order valence-electron chi connectivity index (χ3n) is 10.1. The molecule has 2 unspecified atom stereocenters. The Hall–Kier alpha value is -3.76. The van der Waals surface area contributed by atoms with Crippen LogP contribution in [-0.2, 0) is 6.42 Å². The van der Waals surface area contributed by atoms with Gasteiger partial charge in [0.15, 0.2) is 0 Å². The Bertz CT molecular complexity index is 1880. The Morgan fingerprint density at radius 2 is 2.02 bits per heavy atom. The number of ether oxygens (including phenoxy) is 1. The van der Waals surface area contributed by atoms with E-state index in [0.717, 1.165) is 45.3 Å². The van der Waals surface area contributed by atoms with E-state index < -0.39 is 17.7 Å². The molecule has 5 saturated heterocycles. The average molecular weight is 587 g/mol. The fourth-order valence-electron chi connectivity index (χ4n) is 7.93. The van der Waals surface area contributed by atoms with Crippen LogP contribution in [0, 0.1) is 5.82 Å². The quantitative estimate of drug-likeness (QED) is 0.346. The number of pyridine rings is 1. The van der Waals surface area contributed by atoms with Gasteiger partial charge in [-0.3, -0.25) is 14.3 Å². The van der Waals surface area contributed by atoms with Gasteiger partial charge in [0, 0.05) is 42.8 Å². The van der Waals surface area contributed by atoms with Gasteiger partial charge in [0.05, 0.1) is 19.4 Å². The molecule has 0 radical (unpaired) electrons. The standard InChI is InChI=1S/C33H37FN6O3/c1-2-24-26(34)8-5-20-15-23(41)16-27(28(20)24)39-14-9-25-29(31(39)42)36-32(43-19-33-10-3-12-38(33)13-4-11-33)37-30(25)40-18-21-6-7-22(40)17-35-21/h5,8-9,14-16,21-22,35,41H,2-4,6-7,10-13,17-19H2,1H3/i19D2. The number of anilines is 1. The second-order valence-electron chi connectivity index (χ2n) is 12.4. The van der Waals surface area contributed by atoms with E-state index in [0.29, 0.717) is 65.1 Å². The molecule has 0 saturated carbocycles. The normalized spacial score (nSPS) is 24.0. The van der Waals surface area contributed by atoms with Crippen LogP contribution in [-0.4, -0.2) is 74.9 Å². The van der Waals surface area contributed by atoms with Gasteiger partial charge in [-0.2, -0.15) is 9.97 Å². The summed E-state index contributed by atoms with van der Waals surface area (Å²) in [5.41, 5.74) is -0.359. The van der Waals surface area contributed by atoms with Gasteiger partial charge in [0.25, 0.3) is 5.56 Å². The lowest BCUT2D eigenvalue weighted by molar-refractivity contribution is 0.108. The maximum absolute atomic E-state index is 15.0. The summed E-state index contributed by atoms with van der Waals surface area (Å²) < 4.78 is 40.8. The number of halogens is 1. The first kappa shape index (κ1) is 24.7. The maximum atomic E-state index is 15.0. The van der Waals surface area contributed by atoms with Crippen LogP contribution in [0.15, 0.2) is 41.3 Å². The Balaban J connectivity index is 1.32. The Labute approximate surface area is 252 Å². The molecule has 2 bridgehead atoms. The molecule has 10 heteroatoms. The number of aryl methyl sites for hydroxylation is 1. The van der Waals surface area contributed by atoms with Crippen molar-refractivity contribution < 1.29 is 17.0 Å². The summed E-state index contributed by atoms with van der Waals surface area (Å²) in [6, 6.07) is 8.09. The number of rotatable bonds is 6. The number of hydrogen-bond donors (Lipinski definition) is 2. The van der Waals surface area contributed by atoms with E-state index in [1.54, 1.807) is 24.4 Å². The fraction of sp³-hybridized carbons (Fsp3) is 0.485. The van der Waals surface area contributed by atoms with Gasteiger partial charge in [0.1, 0.15) is 29.5 Å². The minimum atomic E-state index is -2.07. The summed E-state index contributed by atoms with van der Waals surface area (Å²) in [5, 5.41) is 15.9. The number of nitrogens with one attached hydrogen (secondary N) is 1. The molecular formula is C33H37FN6O3. The van der Waals surface area contributed by atoms with Crippen LogP contribution in [0.2, 0.25) is 0 Å². The van der Waals surface area contributed by atoms with E-state index in [4.69, 9.17) is 12.5 Å². The van der Waals surface area contributed by atoms with E-state index in [-0.39, 0.29) is 29.1 Å². The molecule has 43 heavy (non-hydrogen) atoms. The number of hydrogen-bond acceptors (Lipinski definition) is 8. The van der Waals surface area contributed by atoms with E-state index >= 15 is 0 Å².